The summed E-state index contributed by atoms with van der Waals surface area (Å²) < 4.78 is 37.7. The topological polar surface area (TPSA) is 34.1 Å². The summed E-state index contributed by atoms with van der Waals surface area (Å²) >= 11 is 5.80. The second-order valence-corrected chi connectivity index (χ2v) is 7.44. The van der Waals surface area contributed by atoms with Gasteiger partial charge in [0.25, 0.3) is 0 Å². The van der Waals surface area contributed by atoms with Gasteiger partial charge >= 0.3 is 0 Å². The van der Waals surface area contributed by atoms with E-state index in [-0.39, 0.29) is 16.0 Å². The molecule has 1 saturated carbocycles. The van der Waals surface area contributed by atoms with Crippen LogP contribution in [0, 0.1) is 5.82 Å². The van der Waals surface area contributed by atoms with Crippen molar-refractivity contribution in [1.29, 1.82) is 0 Å². The third kappa shape index (κ3) is 3.04. The van der Waals surface area contributed by atoms with Gasteiger partial charge in [0.05, 0.1) is 16.0 Å². The van der Waals surface area contributed by atoms with E-state index >= 15 is 0 Å². The standard InChI is InChI=1S/C13H16ClFO2S/c14-13-10(5-4-8-12(13)15)9-18(16,17)11-6-2-1-3-7-11/h4-5,8,11H,1-3,6-7,9H2. The van der Waals surface area contributed by atoms with Gasteiger partial charge in [-0.05, 0) is 24.5 Å². The van der Waals surface area contributed by atoms with E-state index in [0.29, 0.717) is 5.56 Å². The minimum atomic E-state index is -3.23. The number of sulfone groups is 1. The Labute approximate surface area is 112 Å². The number of rotatable bonds is 3. The summed E-state index contributed by atoms with van der Waals surface area (Å²) in [4.78, 5) is 0. The van der Waals surface area contributed by atoms with Gasteiger partial charge in [0, 0.05) is 0 Å². The first kappa shape index (κ1) is 13.8. The van der Waals surface area contributed by atoms with E-state index in [1.807, 2.05) is 0 Å². The van der Waals surface area contributed by atoms with Crippen LogP contribution < -0.4 is 0 Å². The third-order valence-electron chi connectivity index (χ3n) is 3.45. The van der Waals surface area contributed by atoms with Crippen LogP contribution in [-0.4, -0.2) is 13.7 Å². The Kier molecular flexibility index (Phi) is 4.28. The van der Waals surface area contributed by atoms with Gasteiger partial charge in [-0.1, -0.05) is 43.0 Å². The van der Waals surface area contributed by atoms with Crippen molar-refractivity contribution in [3.05, 3.63) is 34.6 Å². The Balaban J connectivity index is 2.19. The molecule has 0 amide bonds. The van der Waals surface area contributed by atoms with Crippen molar-refractivity contribution in [2.45, 2.75) is 43.1 Å². The molecule has 0 atom stereocenters. The fourth-order valence-corrected chi connectivity index (χ4v) is 4.65. The van der Waals surface area contributed by atoms with Crippen LogP contribution in [0.25, 0.3) is 0 Å². The fourth-order valence-electron chi connectivity index (χ4n) is 2.42. The maximum atomic E-state index is 13.3. The highest BCUT2D eigenvalue weighted by Gasteiger charge is 2.28. The molecule has 0 heterocycles. The van der Waals surface area contributed by atoms with Gasteiger partial charge < -0.3 is 0 Å². The van der Waals surface area contributed by atoms with Gasteiger partial charge in [0.15, 0.2) is 9.84 Å². The maximum absolute atomic E-state index is 13.3. The Morgan fingerprint density at radius 1 is 1.22 bits per heavy atom. The summed E-state index contributed by atoms with van der Waals surface area (Å²) in [5.41, 5.74) is 0.363. The average molecular weight is 291 g/mol. The van der Waals surface area contributed by atoms with Gasteiger partial charge in [-0.25, -0.2) is 12.8 Å². The Hall–Kier alpha value is -0.610. The highest BCUT2D eigenvalue weighted by atomic mass is 35.5. The van der Waals surface area contributed by atoms with Crippen molar-refractivity contribution < 1.29 is 12.8 Å². The maximum Gasteiger partial charge on any atom is 0.157 e. The molecule has 2 nitrogen and oxygen atoms in total. The normalized spacial score (nSPS) is 17.9. The van der Waals surface area contributed by atoms with Crippen molar-refractivity contribution in [2.75, 3.05) is 0 Å². The number of benzene rings is 1. The summed E-state index contributed by atoms with van der Waals surface area (Å²) in [5.74, 6) is -0.720. The minimum absolute atomic E-state index is 0.0723. The lowest BCUT2D eigenvalue weighted by Crippen LogP contribution is -2.25. The lowest BCUT2D eigenvalue weighted by atomic mass is 10.0. The molecule has 0 unspecified atom stereocenters. The van der Waals surface area contributed by atoms with Gasteiger partial charge in [-0.3, -0.25) is 0 Å². The first-order valence-corrected chi connectivity index (χ1v) is 8.24. The zero-order chi connectivity index (χ0) is 13.2. The SMILES string of the molecule is O=S(=O)(Cc1cccc(F)c1Cl)C1CCCCC1. The molecule has 2 rings (SSSR count). The van der Waals surface area contributed by atoms with Crippen LogP contribution in [0.1, 0.15) is 37.7 Å². The minimum Gasteiger partial charge on any atom is -0.228 e. The van der Waals surface area contributed by atoms with Gasteiger partial charge in [0.2, 0.25) is 0 Å². The predicted octanol–water partition coefficient (Wildman–Crippen LogP) is 3.73. The van der Waals surface area contributed by atoms with Gasteiger partial charge in [-0.2, -0.15) is 0 Å². The fraction of sp³-hybridized carbons (Fsp3) is 0.538. The van der Waals surface area contributed by atoms with Crippen molar-refractivity contribution in [2.24, 2.45) is 0 Å². The summed E-state index contributed by atoms with van der Waals surface area (Å²) in [5, 5.41) is -0.359. The van der Waals surface area contributed by atoms with E-state index in [1.54, 1.807) is 6.07 Å². The third-order valence-corrected chi connectivity index (χ3v) is 6.07. The van der Waals surface area contributed by atoms with E-state index in [4.69, 9.17) is 11.6 Å². The van der Waals surface area contributed by atoms with Gasteiger partial charge in [0.1, 0.15) is 5.82 Å². The summed E-state index contributed by atoms with van der Waals surface area (Å²) in [6.45, 7) is 0. The largest absolute Gasteiger partial charge is 0.228 e. The molecule has 1 aromatic rings. The molecule has 0 saturated heterocycles. The molecule has 0 N–H and O–H groups in total. The Morgan fingerprint density at radius 3 is 2.56 bits per heavy atom. The van der Waals surface area contributed by atoms with Crippen LogP contribution in [0.4, 0.5) is 4.39 Å². The lowest BCUT2D eigenvalue weighted by molar-refractivity contribution is 0.483. The molecule has 1 aliphatic carbocycles. The second-order valence-electron chi connectivity index (χ2n) is 4.78. The molecule has 0 radical (unpaired) electrons. The molecule has 1 aromatic carbocycles. The van der Waals surface area contributed by atoms with Crippen LogP contribution in [0.5, 0.6) is 0 Å². The zero-order valence-electron chi connectivity index (χ0n) is 10.0. The first-order chi connectivity index (χ1) is 8.50. The number of hydrogen-bond donors (Lipinski definition) is 0. The predicted molar refractivity (Wildman–Crippen MR) is 70.9 cm³/mol. The summed E-state index contributed by atoms with van der Waals surface area (Å²) in [6.07, 6.45) is 4.46. The molecule has 0 aliphatic heterocycles. The van der Waals surface area contributed by atoms with E-state index in [2.05, 4.69) is 0 Å². The molecule has 0 bridgehead atoms. The van der Waals surface area contributed by atoms with Crippen LogP contribution >= 0.6 is 11.6 Å². The molecule has 5 heteroatoms. The van der Waals surface area contributed by atoms with E-state index < -0.39 is 15.7 Å². The van der Waals surface area contributed by atoms with Crippen LogP contribution in [0.3, 0.4) is 0 Å². The van der Waals surface area contributed by atoms with Crippen molar-refractivity contribution in [3.8, 4) is 0 Å². The summed E-state index contributed by atoms with van der Waals surface area (Å²) in [7, 11) is -3.23. The molecule has 0 spiro atoms. The molecular formula is C13H16ClFO2S. The highest BCUT2D eigenvalue weighted by Crippen LogP contribution is 2.28. The van der Waals surface area contributed by atoms with Crippen LogP contribution in [0.15, 0.2) is 18.2 Å². The van der Waals surface area contributed by atoms with E-state index in [9.17, 15) is 12.8 Å². The van der Waals surface area contributed by atoms with Crippen molar-refractivity contribution in [3.63, 3.8) is 0 Å². The molecular weight excluding hydrogens is 275 g/mol. The molecule has 1 aliphatic rings. The lowest BCUT2D eigenvalue weighted by Gasteiger charge is -2.22. The smallest absolute Gasteiger partial charge is 0.157 e. The second kappa shape index (κ2) is 5.57. The molecule has 1 fully saturated rings. The molecule has 0 aromatic heterocycles. The average Bonchev–Trinajstić information content (AvgIpc) is 2.36. The summed E-state index contributed by atoms with van der Waals surface area (Å²) in [6, 6.07) is 4.30. The number of hydrogen-bond acceptors (Lipinski definition) is 2. The van der Waals surface area contributed by atoms with Crippen LogP contribution in [-0.2, 0) is 15.6 Å². The monoisotopic (exact) mass is 290 g/mol. The van der Waals surface area contributed by atoms with Crippen molar-refractivity contribution in [1.82, 2.24) is 0 Å². The van der Waals surface area contributed by atoms with Crippen LogP contribution in [0.2, 0.25) is 5.02 Å². The Morgan fingerprint density at radius 2 is 1.89 bits per heavy atom. The van der Waals surface area contributed by atoms with Crippen molar-refractivity contribution >= 4 is 21.4 Å². The molecule has 100 valence electrons. The zero-order valence-corrected chi connectivity index (χ0v) is 11.6. The highest BCUT2D eigenvalue weighted by molar-refractivity contribution is 7.91. The Bertz CT molecular complexity index is 522. The molecule has 18 heavy (non-hydrogen) atoms. The van der Waals surface area contributed by atoms with E-state index in [0.717, 1.165) is 32.1 Å². The number of halogens is 2. The van der Waals surface area contributed by atoms with Gasteiger partial charge in [-0.15, -0.1) is 0 Å². The quantitative estimate of drug-likeness (QED) is 0.850. The van der Waals surface area contributed by atoms with E-state index in [1.165, 1.54) is 12.1 Å². The first-order valence-electron chi connectivity index (χ1n) is 6.15.